The molecular formula is C11H13NO3. The quantitative estimate of drug-likeness (QED) is 0.704. The number of aromatic amines is 1. The van der Waals surface area contributed by atoms with E-state index in [9.17, 15) is 0 Å². The Balaban J connectivity index is 0.000000337. The first-order chi connectivity index (χ1) is 7.22. The highest BCUT2D eigenvalue weighted by molar-refractivity contribution is 5.86. The van der Waals surface area contributed by atoms with Crippen LogP contribution in [0.3, 0.4) is 0 Å². The fourth-order valence-corrected chi connectivity index (χ4v) is 1.44. The summed E-state index contributed by atoms with van der Waals surface area (Å²) in [5.41, 5.74) is 2.29. The molecular weight excluding hydrogens is 194 g/mol. The van der Waals surface area contributed by atoms with Crippen LogP contribution in [-0.2, 0) is 4.79 Å². The number of benzene rings is 1. The molecule has 0 aliphatic rings. The predicted octanol–water partition coefficient (Wildman–Crippen LogP) is 2.19. The summed E-state index contributed by atoms with van der Waals surface area (Å²) in [5.74, 6) is 0.928. The topological polar surface area (TPSA) is 62.3 Å². The van der Waals surface area contributed by atoms with E-state index in [0.29, 0.717) is 0 Å². The summed E-state index contributed by atoms with van der Waals surface area (Å²) >= 11 is 0. The predicted molar refractivity (Wildman–Crippen MR) is 58.3 cm³/mol. The fraction of sp³-hybridized carbons (Fsp3) is 0.182. The Kier molecular flexibility index (Phi) is 3.74. The van der Waals surface area contributed by atoms with Crippen LogP contribution in [0.1, 0.15) is 5.69 Å². The van der Waals surface area contributed by atoms with E-state index in [1.54, 1.807) is 7.11 Å². The highest BCUT2D eigenvalue weighted by Crippen LogP contribution is 2.25. The largest absolute Gasteiger partial charge is 0.496 e. The van der Waals surface area contributed by atoms with Crippen molar-refractivity contribution < 1.29 is 14.6 Å². The SMILES string of the molecule is COc1cccc2[nH]c(C)cc12.O=CO. The molecule has 0 fully saturated rings. The minimum atomic E-state index is -0.250. The van der Waals surface area contributed by atoms with Gasteiger partial charge in [0.2, 0.25) is 0 Å². The molecule has 0 saturated carbocycles. The van der Waals surface area contributed by atoms with Gasteiger partial charge in [-0.1, -0.05) is 6.07 Å². The molecule has 0 unspecified atom stereocenters. The first-order valence-electron chi connectivity index (χ1n) is 4.43. The molecule has 0 aliphatic carbocycles. The van der Waals surface area contributed by atoms with E-state index in [1.807, 2.05) is 25.1 Å². The van der Waals surface area contributed by atoms with E-state index < -0.39 is 0 Å². The summed E-state index contributed by atoms with van der Waals surface area (Å²) < 4.78 is 5.22. The van der Waals surface area contributed by atoms with Crippen molar-refractivity contribution in [3.05, 3.63) is 30.0 Å². The van der Waals surface area contributed by atoms with E-state index in [1.165, 1.54) is 0 Å². The molecule has 0 atom stereocenters. The standard InChI is InChI=1S/C10H11NO.CH2O2/c1-7-6-8-9(11-7)4-3-5-10(8)12-2;2-1-3/h3-6,11H,1-2H3;1H,(H,2,3). The van der Waals surface area contributed by atoms with Gasteiger partial charge in [-0.05, 0) is 25.1 Å². The lowest BCUT2D eigenvalue weighted by molar-refractivity contribution is -0.122. The Hall–Kier alpha value is -1.97. The van der Waals surface area contributed by atoms with Gasteiger partial charge in [0.05, 0.1) is 7.11 Å². The van der Waals surface area contributed by atoms with Crippen LogP contribution in [0.5, 0.6) is 5.75 Å². The average Bonchev–Trinajstić information content (AvgIpc) is 2.58. The van der Waals surface area contributed by atoms with Crippen molar-refractivity contribution in [3.63, 3.8) is 0 Å². The molecule has 0 amide bonds. The number of nitrogens with one attached hydrogen (secondary N) is 1. The molecule has 4 heteroatoms. The number of carboxylic acid groups (broad SMARTS) is 1. The van der Waals surface area contributed by atoms with E-state index in [2.05, 4.69) is 11.1 Å². The number of ether oxygens (including phenoxy) is 1. The normalized spacial score (nSPS) is 9.20. The smallest absolute Gasteiger partial charge is 0.290 e. The maximum absolute atomic E-state index is 8.36. The lowest BCUT2D eigenvalue weighted by Gasteiger charge is -1.99. The van der Waals surface area contributed by atoms with Crippen LogP contribution in [0.15, 0.2) is 24.3 Å². The number of hydrogen-bond donors (Lipinski definition) is 2. The Morgan fingerprint density at radius 2 is 2.13 bits per heavy atom. The Morgan fingerprint density at radius 1 is 1.47 bits per heavy atom. The van der Waals surface area contributed by atoms with Gasteiger partial charge < -0.3 is 14.8 Å². The van der Waals surface area contributed by atoms with Crippen LogP contribution < -0.4 is 4.74 Å². The summed E-state index contributed by atoms with van der Waals surface area (Å²) in [5, 5.41) is 8.04. The Labute approximate surface area is 87.5 Å². The van der Waals surface area contributed by atoms with E-state index in [4.69, 9.17) is 14.6 Å². The van der Waals surface area contributed by atoms with Crippen LogP contribution in [0.25, 0.3) is 10.9 Å². The monoisotopic (exact) mass is 207 g/mol. The number of fused-ring (bicyclic) bond motifs is 1. The zero-order chi connectivity index (χ0) is 11.3. The summed E-state index contributed by atoms with van der Waals surface area (Å²) in [6, 6.07) is 8.09. The van der Waals surface area contributed by atoms with Crippen LogP contribution in [0.2, 0.25) is 0 Å². The molecule has 0 saturated heterocycles. The molecule has 0 bridgehead atoms. The van der Waals surface area contributed by atoms with Crippen molar-refractivity contribution >= 4 is 17.4 Å². The van der Waals surface area contributed by atoms with Gasteiger partial charge in [0, 0.05) is 16.6 Å². The average molecular weight is 207 g/mol. The third kappa shape index (κ3) is 2.49. The first kappa shape index (κ1) is 11.1. The maximum atomic E-state index is 8.36. The molecule has 1 aromatic heterocycles. The highest BCUT2D eigenvalue weighted by Gasteiger charge is 2.01. The van der Waals surface area contributed by atoms with Gasteiger partial charge in [-0.3, -0.25) is 4.79 Å². The number of H-pyrrole nitrogens is 1. The zero-order valence-electron chi connectivity index (χ0n) is 8.65. The van der Waals surface area contributed by atoms with Crippen molar-refractivity contribution in [3.8, 4) is 5.75 Å². The van der Waals surface area contributed by atoms with Crippen LogP contribution >= 0.6 is 0 Å². The second-order valence-electron chi connectivity index (χ2n) is 2.98. The Morgan fingerprint density at radius 3 is 2.73 bits per heavy atom. The third-order valence-corrected chi connectivity index (χ3v) is 1.98. The molecule has 0 spiro atoms. The third-order valence-electron chi connectivity index (χ3n) is 1.98. The molecule has 4 nitrogen and oxygen atoms in total. The number of aromatic nitrogens is 1. The van der Waals surface area contributed by atoms with Gasteiger partial charge in [-0.25, -0.2) is 0 Å². The van der Waals surface area contributed by atoms with Crippen LogP contribution in [0, 0.1) is 6.92 Å². The zero-order valence-corrected chi connectivity index (χ0v) is 8.65. The molecule has 2 N–H and O–H groups in total. The number of hydrogen-bond acceptors (Lipinski definition) is 2. The molecule has 1 aromatic carbocycles. The second-order valence-corrected chi connectivity index (χ2v) is 2.98. The van der Waals surface area contributed by atoms with Crippen molar-refractivity contribution in [2.45, 2.75) is 6.92 Å². The van der Waals surface area contributed by atoms with Gasteiger partial charge in [0.1, 0.15) is 5.75 Å². The molecule has 80 valence electrons. The maximum Gasteiger partial charge on any atom is 0.290 e. The van der Waals surface area contributed by atoms with Crippen molar-refractivity contribution in [2.24, 2.45) is 0 Å². The minimum Gasteiger partial charge on any atom is -0.496 e. The number of carbonyl (C=O) groups is 1. The Bertz CT molecular complexity index is 448. The molecule has 0 radical (unpaired) electrons. The van der Waals surface area contributed by atoms with E-state index in [-0.39, 0.29) is 6.47 Å². The number of aryl methyl sites for hydroxylation is 1. The van der Waals surface area contributed by atoms with Gasteiger partial charge >= 0.3 is 0 Å². The summed E-state index contributed by atoms with van der Waals surface area (Å²) in [7, 11) is 1.69. The van der Waals surface area contributed by atoms with Gasteiger partial charge in [0.25, 0.3) is 6.47 Å². The van der Waals surface area contributed by atoms with Gasteiger partial charge in [0.15, 0.2) is 0 Å². The van der Waals surface area contributed by atoms with Crippen LogP contribution in [0.4, 0.5) is 0 Å². The molecule has 0 aliphatic heterocycles. The van der Waals surface area contributed by atoms with E-state index in [0.717, 1.165) is 22.3 Å². The van der Waals surface area contributed by atoms with Crippen molar-refractivity contribution in [1.29, 1.82) is 0 Å². The molecule has 1 heterocycles. The summed E-state index contributed by atoms with van der Waals surface area (Å²) in [6.07, 6.45) is 0. The molecule has 15 heavy (non-hydrogen) atoms. The minimum absolute atomic E-state index is 0.250. The molecule has 2 rings (SSSR count). The molecule has 2 aromatic rings. The van der Waals surface area contributed by atoms with Crippen LogP contribution in [-0.4, -0.2) is 23.7 Å². The first-order valence-corrected chi connectivity index (χ1v) is 4.43. The summed E-state index contributed by atoms with van der Waals surface area (Å²) in [6.45, 7) is 1.79. The number of rotatable bonds is 1. The van der Waals surface area contributed by atoms with Crippen molar-refractivity contribution in [1.82, 2.24) is 4.98 Å². The number of methoxy groups -OCH3 is 1. The van der Waals surface area contributed by atoms with Gasteiger partial charge in [-0.2, -0.15) is 0 Å². The summed E-state index contributed by atoms with van der Waals surface area (Å²) in [4.78, 5) is 11.6. The lowest BCUT2D eigenvalue weighted by atomic mass is 10.2. The lowest BCUT2D eigenvalue weighted by Crippen LogP contribution is -1.81. The fourth-order valence-electron chi connectivity index (χ4n) is 1.44. The van der Waals surface area contributed by atoms with Crippen molar-refractivity contribution in [2.75, 3.05) is 7.11 Å². The second kappa shape index (κ2) is 5.05. The highest BCUT2D eigenvalue weighted by atomic mass is 16.5. The van der Waals surface area contributed by atoms with E-state index >= 15 is 0 Å². The van der Waals surface area contributed by atoms with Gasteiger partial charge in [-0.15, -0.1) is 0 Å².